The number of amides is 1. The van der Waals surface area contributed by atoms with Crippen LogP contribution in [0.1, 0.15) is 28.7 Å². The normalized spacial score (nSPS) is 13.5. The molecule has 4 rings (SSSR count). The van der Waals surface area contributed by atoms with E-state index in [1.807, 2.05) is 42.6 Å². The first-order chi connectivity index (χ1) is 14.7. The minimum absolute atomic E-state index is 0.0175. The number of ether oxygens (including phenoxy) is 1. The molecule has 0 atom stereocenters. The van der Waals surface area contributed by atoms with Crippen molar-refractivity contribution in [1.82, 2.24) is 9.88 Å². The number of aromatic nitrogens is 1. The standard InChI is InChI=1S/C25H27N3O2/c1-30-24-7-3-2-6-21(24)9-11-25(29)27-23-10-8-20-12-14-28(18-22(20)15-23)17-19-5-4-13-26-16-19/h2-8,10,13,15-16H,9,11-12,14,17-18H2,1H3,(H,27,29). The molecule has 0 saturated carbocycles. The molecule has 5 heteroatoms. The van der Waals surface area contributed by atoms with Crippen molar-refractivity contribution in [3.63, 3.8) is 0 Å². The Bertz CT molecular complexity index is 1000. The van der Waals surface area contributed by atoms with Crippen molar-refractivity contribution in [2.24, 2.45) is 0 Å². The molecule has 1 aliphatic heterocycles. The van der Waals surface area contributed by atoms with Crippen LogP contribution in [0.15, 0.2) is 67.0 Å². The maximum Gasteiger partial charge on any atom is 0.224 e. The van der Waals surface area contributed by atoms with E-state index in [-0.39, 0.29) is 5.91 Å². The minimum Gasteiger partial charge on any atom is -0.496 e. The molecule has 154 valence electrons. The number of anilines is 1. The second-order valence-corrected chi connectivity index (χ2v) is 7.67. The van der Waals surface area contributed by atoms with Gasteiger partial charge in [0.25, 0.3) is 0 Å². The number of pyridine rings is 1. The molecular formula is C25H27N3O2. The number of para-hydroxylation sites is 1. The SMILES string of the molecule is COc1ccccc1CCC(=O)Nc1ccc2c(c1)CN(Cc1cccnc1)CC2. The molecular weight excluding hydrogens is 374 g/mol. The first kappa shape index (κ1) is 20.1. The van der Waals surface area contributed by atoms with E-state index in [4.69, 9.17) is 4.74 Å². The van der Waals surface area contributed by atoms with Gasteiger partial charge in [-0.25, -0.2) is 0 Å². The van der Waals surface area contributed by atoms with Gasteiger partial charge in [0.2, 0.25) is 5.91 Å². The number of fused-ring (bicyclic) bond motifs is 1. The fourth-order valence-electron chi connectivity index (χ4n) is 3.96. The smallest absolute Gasteiger partial charge is 0.224 e. The van der Waals surface area contributed by atoms with E-state index in [1.54, 1.807) is 13.3 Å². The second kappa shape index (κ2) is 9.55. The van der Waals surface area contributed by atoms with E-state index in [0.29, 0.717) is 12.8 Å². The maximum absolute atomic E-state index is 12.5. The second-order valence-electron chi connectivity index (χ2n) is 7.67. The molecule has 3 aromatic rings. The molecule has 5 nitrogen and oxygen atoms in total. The fourth-order valence-corrected chi connectivity index (χ4v) is 3.96. The average Bonchev–Trinajstić information content (AvgIpc) is 2.78. The molecule has 30 heavy (non-hydrogen) atoms. The molecule has 0 saturated heterocycles. The predicted octanol–water partition coefficient (Wildman–Crippen LogP) is 4.22. The lowest BCUT2D eigenvalue weighted by Gasteiger charge is -2.29. The monoisotopic (exact) mass is 401 g/mol. The van der Waals surface area contributed by atoms with E-state index in [9.17, 15) is 4.79 Å². The number of rotatable bonds is 7. The Morgan fingerprint density at radius 1 is 1.13 bits per heavy atom. The minimum atomic E-state index is 0.0175. The number of benzene rings is 2. The number of methoxy groups -OCH3 is 1. The van der Waals surface area contributed by atoms with Crippen LogP contribution in [0.2, 0.25) is 0 Å². The molecule has 0 fully saturated rings. The lowest BCUT2D eigenvalue weighted by molar-refractivity contribution is -0.116. The van der Waals surface area contributed by atoms with Crippen molar-refractivity contribution in [3.05, 3.63) is 89.2 Å². The van der Waals surface area contributed by atoms with Crippen molar-refractivity contribution in [1.29, 1.82) is 0 Å². The highest BCUT2D eigenvalue weighted by Crippen LogP contribution is 2.24. The first-order valence-corrected chi connectivity index (χ1v) is 10.4. The van der Waals surface area contributed by atoms with Crippen molar-refractivity contribution in [3.8, 4) is 5.75 Å². The maximum atomic E-state index is 12.5. The molecule has 0 unspecified atom stereocenters. The average molecular weight is 402 g/mol. The van der Waals surface area contributed by atoms with Gasteiger partial charge in [0.05, 0.1) is 7.11 Å². The van der Waals surface area contributed by atoms with E-state index >= 15 is 0 Å². The summed E-state index contributed by atoms with van der Waals surface area (Å²) >= 11 is 0. The van der Waals surface area contributed by atoms with Crippen LogP contribution in [0.3, 0.4) is 0 Å². The highest BCUT2D eigenvalue weighted by atomic mass is 16.5. The molecule has 1 amide bonds. The van der Waals surface area contributed by atoms with Crippen LogP contribution in [0.25, 0.3) is 0 Å². The van der Waals surface area contributed by atoms with Crippen molar-refractivity contribution in [2.75, 3.05) is 19.0 Å². The summed E-state index contributed by atoms with van der Waals surface area (Å²) in [4.78, 5) is 19.1. The number of nitrogens with one attached hydrogen (secondary N) is 1. The number of carbonyl (C=O) groups is 1. The van der Waals surface area contributed by atoms with Gasteiger partial charge < -0.3 is 10.1 Å². The number of aryl methyl sites for hydroxylation is 1. The van der Waals surface area contributed by atoms with E-state index < -0.39 is 0 Å². The third kappa shape index (κ3) is 5.05. The Labute approximate surface area is 177 Å². The highest BCUT2D eigenvalue weighted by Gasteiger charge is 2.17. The zero-order valence-corrected chi connectivity index (χ0v) is 17.3. The summed E-state index contributed by atoms with van der Waals surface area (Å²) in [5.74, 6) is 0.844. The zero-order valence-electron chi connectivity index (χ0n) is 17.3. The van der Waals surface area contributed by atoms with Crippen LogP contribution in [0.4, 0.5) is 5.69 Å². The molecule has 2 heterocycles. The van der Waals surface area contributed by atoms with Gasteiger partial charge in [-0.2, -0.15) is 0 Å². The van der Waals surface area contributed by atoms with Crippen LogP contribution in [-0.4, -0.2) is 29.4 Å². The number of hydrogen-bond acceptors (Lipinski definition) is 4. The van der Waals surface area contributed by atoms with Crippen LogP contribution in [0, 0.1) is 0 Å². The Balaban J connectivity index is 1.35. The Hall–Kier alpha value is -3.18. The third-order valence-electron chi connectivity index (χ3n) is 5.52. The molecule has 1 N–H and O–H groups in total. The van der Waals surface area contributed by atoms with Crippen LogP contribution in [-0.2, 0) is 30.7 Å². The fraction of sp³-hybridized carbons (Fsp3) is 0.280. The van der Waals surface area contributed by atoms with E-state index in [1.165, 1.54) is 16.7 Å². The van der Waals surface area contributed by atoms with Gasteiger partial charge in [-0.15, -0.1) is 0 Å². The Morgan fingerprint density at radius 3 is 2.87 bits per heavy atom. The molecule has 0 aliphatic carbocycles. The lowest BCUT2D eigenvalue weighted by Crippen LogP contribution is -2.30. The summed E-state index contributed by atoms with van der Waals surface area (Å²) in [6.45, 7) is 2.81. The summed E-state index contributed by atoms with van der Waals surface area (Å²) in [5.41, 5.74) is 5.78. The molecule has 1 aliphatic rings. The van der Waals surface area contributed by atoms with Gasteiger partial charge in [0, 0.05) is 44.1 Å². The quantitative estimate of drug-likeness (QED) is 0.644. The summed E-state index contributed by atoms with van der Waals surface area (Å²) < 4.78 is 5.37. The lowest BCUT2D eigenvalue weighted by atomic mass is 9.98. The first-order valence-electron chi connectivity index (χ1n) is 10.4. The Kier molecular flexibility index (Phi) is 6.40. The number of nitrogens with zero attached hydrogens (tertiary/aromatic N) is 2. The molecule has 0 bridgehead atoms. The molecule has 2 aromatic carbocycles. The van der Waals surface area contributed by atoms with Gasteiger partial charge in [0.15, 0.2) is 0 Å². The number of carbonyl (C=O) groups excluding carboxylic acids is 1. The van der Waals surface area contributed by atoms with Gasteiger partial charge in [-0.3, -0.25) is 14.7 Å². The van der Waals surface area contributed by atoms with E-state index in [0.717, 1.165) is 43.1 Å². The summed E-state index contributed by atoms with van der Waals surface area (Å²) in [6.07, 6.45) is 5.83. The summed E-state index contributed by atoms with van der Waals surface area (Å²) in [7, 11) is 1.66. The van der Waals surface area contributed by atoms with Gasteiger partial charge in [0.1, 0.15) is 5.75 Å². The third-order valence-corrected chi connectivity index (χ3v) is 5.52. The van der Waals surface area contributed by atoms with Gasteiger partial charge in [-0.05, 0) is 59.4 Å². The Morgan fingerprint density at radius 2 is 2.03 bits per heavy atom. The van der Waals surface area contributed by atoms with Crippen LogP contribution in [0.5, 0.6) is 5.75 Å². The highest BCUT2D eigenvalue weighted by molar-refractivity contribution is 5.91. The molecule has 0 spiro atoms. The van der Waals surface area contributed by atoms with Crippen LogP contribution < -0.4 is 10.1 Å². The zero-order chi connectivity index (χ0) is 20.8. The topological polar surface area (TPSA) is 54.5 Å². The molecule has 1 aromatic heterocycles. The van der Waals surface area contributed by atoms with Crippen molar-refractivity contribution < 1.29 is 9.53 Å². The molecule has 0 radical (unpaired) electrons. The number of hydrogen-bond donors (Lipinski definition) is 1. The van der Waals surface area contributed by atoms with Crippen molar-refractivity contribution in [2.45, 2.75) is 32.4 Å². The predicted molar refractivity (Wildman–Crippen MR) is 118 cm³/mol. The van der Waals surface area contributed by atoms with E-state index in [2.05, 4.69) is 33.4 Å². The van der Waals surface area contributed by atoms with Gasteiger partial charge >= 0.3 is 0 Å². The largest absolute Gasteiger partial charge is 0.496 e. The summed E-state index contributed by atoms with van der Waals surface area (Å²) in [6, 6.07) is 18.2. The van der Waals surface area contributed by atoms with Gasteiger partial charge in [-0.1, -0.05) is 30.3 Å². The summed E-state index contributed by atoms with van der Waals surface area (Å²) in [5, 5.41) is 3.06. The van der Waals surface area contributed by atoms with Crippen LogP contribution >= 0.6 is 0 Å². The van der Waals surface area contributed by atoms with Crippen molar-refractivity contribution >= 4 is 11.6 Å².